The largest absolute Gasteiger partial charge is 0.354 e. The molecule has 0 saturated carbocycles. The van der Waals surface area contributed by atoms with Crippen molar-refractivity contribution in [3.05, 3.63) is 22.4 Å². The molecule has 1 aromatic heterocycles. The average molecular weight is 283 g/mol. The lowest BCUT2D eigenvalue weighted by Crippen LogP contribution is -2.38. The van der Waals surface area contributed by atoms with Gasteiger partial charge in [-0.3, -0.25) is 9.69 Å². The minimum atomic E-state index is 0.113. The fourth-order valence-corrected chi connectivity index (χ4v) is 2.83. The molecule has 19 heavy (non-hydrogen) atoms. The van der Waals surface area contributed by atoms with E-state index in [4.69, 9.17) is 0 Å². The van der Waals surface area contributed by atoms with Crippen LogP contribution in [0.5, 0.6) is 0 Å². The van der Waals surface area contributed by atoms with E-state index in [1.165, 1.54) is 5.56 Å². The fourth-order valence-electron chi connectivity index (χ4n) is 2.12. The number of rotatable bonds is 9. The fraction of sp³-hybridized carbons (Fsp3) is 0.643. The zero-order valence-corrected chi connectivity index (χ0v) is 12.9. The van der Waals surface area contributed by atoms with Crippen LogP contribution >= 0.6 is 11.3 Å². The molecule has 0 saturated heterocycles. The highest BCUT2D eigenvalue weighted by Crippen LogP contribution is 2.22. The molecule has 0 fully saturated rings. The summed E-state index contributed by atoms with van der Waals surface area (Å²) < 4.78 is 0. The molecule has 0 aliphatic rings. The minimum absolute atomic E-state index is 0.113. The van der Waals surface area contributed by atoms with E-state index in [1.807, 2.05) is 7.05 Å². The molecule has 0 radical (unpaired) electrons. The second kappa shape index (κ2) is 9.07. The predicted molar refractivity (Wildman–Crippen MR) is 81.5 cm³/mol. The van der Waals surface area contributed by atoms with Gasteiger partial charge in [0.15, 0.2) is 0 Å². The monoisotopic (exact) mass is 283 g/mol. The molecule has 0 aliphatic carbocycles. The Labute approximate surface area is 120 Å². The highest BCUT2D eigenvalue weighted by Gasteiger charge is 2.18. The van der Waals surface area contributed by atoms with Gasteiger partial charge in [0.25, 0.3) is 0 Å². The number of nitrogens with one attached hydrogen (secondary N) is 2. The number of amides is 1. The molecular weight excluding hydrogens is 258 g/mol. The van der Waals surface area contributed by atoms with Gasteiger partial charge in [0.1, 0.15) is 0 Å². The minimum Gasteiger partial charge on any atom is -0.354 e. The highest BCUT2D eigenvalue weighted by molar-refractivity contribution is 7.07. The Hall–Kier alpha value is -0.910. The lowest BCUT2D eigenvalue weighted by Gasteiger charge is -2.29. The van der Waals surface area contributed by atoms with Gasteiger partial charge in [0.2, 0.25) is 5.91 Å². The van der Waals surface area contributed by atoms with Crippen molar-refractivity contribution in [2.24, 2.45) is 0 Å². The van der Waals surface area contributed by atoms with Gasteiger partial charge in [-0.2, -0.15) is 11.3 Å². The van der Waals surface area contributed by atoms with Crippen LogP contribution in [0.25, 0.3) is 0 Å². The summed E-state index contributed by atoms with van der Waals surface area (Å²) in [5, 5.41) is 10.3. The lowest BCUT2D eigenvalue weighted by molar-refractivity contribution is -0.121. The van der Waals surface area contributed by atoms with E-state index < -0.39 is 0 Å². The van der Waals surface area contributed by atoms with Crippen LogP contribution < -0.4 is 10.6 Å². The Morgan fingerprint density at radius 1 is 1.42 bits per heavy atom. The van der Waals surface area contributed by atoms with Crippen molar-refractivity contribution in [2.45, 2.75) is 26.3 Å². The van der Waals surface area contributed by atoms with Gasteiger partial charge in [-0.1, -0.05) is 13.8 Å². The summed E-state index contributed by atoms with van der Waals surface area (Å²) in [5.41, 5.74) is 1.29. The molecule has 4 nitrogen and oxygen atoms in total. The van der Waals surface area contributed by atoms with Crippen LogP contribution in [0.3, 0.4) is 0 Å². The number of likely N-dealkylation sites (N-methyl/N-ethyl adjacent to an activating group) is 1. The first kappa shape index (κ1) is 16.1. The van der Waals surface area contributed by atoms with Crippen LogP contribution in [0, 0.1) is 0 Å². The normalized spacial score (nSPS) is 12.6. The molecule has 108 valence electrons. The molecule has 2 N–H and O–H groups in total. The second-order valence-electron chi connectivity index (χ2n) is 4.45. The first-order valence-electron chi connectivity index (χ1n) is 6.90. The summed E-state index contributed by atoms with van der Waals surface area (Å²) in [4.78, 5) is 14.1. The van der Waals surface area contributed by atoms with Gasteiger partial charge in [-0.25, -0.2) is 0 Å². The topological polar surface area (TPSA) is 44.4 Å². The van der Waals surface area contributed by atoms with Gasteiger partial charge in [0.05, 0.1) is 6.04 Å². The first-order valence-corrected chi connectivity index (χ1v) is 7.84. The van der Waals surface area contributed by atoms with Crippen molar-refractivity contribution < 1.29 is 4.79 Å². The van der Waals surface area contributed by atoms with Gasteiger partial charge in [-0.05, 0) is 42.5 Å². The standard InChI is InChI=1S/C14H25N3OS/c1-4-17(5-2)13(12-7-9-19-11-12)10-16-14(18)6-8-15-3/h7,9,11,13,15H,4-6,8,10H2,1-3H3,(H,16,18). The zero-order valence-electron chi connectivity index (χ0n) is 12.1. The Balaban J connectivity index is 2.57. The van der Waals surface area contributed by atoms with Crippen molar-refractivity contribution >= 4 is 17.2 Å². The predicted octanol–water partition coefficient (Wildman–Crippen LogP) is 1.86. The zero-order chi connectivity index (χ0) is 14.1. The third-order valence-electron chi connectivity index (χ3n) is 3.28. The molecule has 0 aromatic carbocycles. The maximum atomic E-state index is 11.7. The molecule has 0 aliphatic heterocycles. The van der Waals surface area contributed by atoms with Crippen LogP contribution in [0.1, 0.15) is 31.9 Å². The van der Waals surface area contributed by atoms with Crippen LogP contribution in [-0.2, 0) is 4.79 Å². The Bertz CT molecular complexity index is 350. The van der Waals surface area contributed by atoms with E-state index in [0.29, 0.717) is 13.0 Å². The van der Waals surface area contributed by atoms with Crippen LogP contribution in [0.2, 0.25) is 0 Å². The molecule has 0 bridgehead atoms. The van der Waals surface area contributed by atoms with E-state index >= 15 is 0 Å². The average Bonchev–Trinajstić information content (AvgIpc) is 2.94. The smallest absolute Gasteiger partial charge is 0.221 e. The Morgan fingerprint density at radius 3 is 2.68 bits per heavy atom. The summed E-state index contributed by atoms with van der Waals surface area (Å²) in [6, 6.07) is 2.42. The van der Waals surface area contributed by atoms with Crippen molar-refractivity contribution in [3.8, 4) is 0 Å². The van der Waals surface area contributed by atoms with Crippen molar-refractivity contribution in [1.29, 1.82) is 0 Å². The highest BCUT2D eigenvalue weighted by atomic mass is 32.1. The molecular formula is C14H25N3OS. The number of hydrogen-bond donors (Lipinski definition) is 2. The lowest BCUT2D eigenvalue weighted by atomic mass is 10.1. The van der Waals surface area contributed by atoms with Crippen LogP contribution in [0.4, 0.5) is 0 Å². The number of carbonyl (C=O) groups excluding carboxylic acids is 1. The van der Waals surface area contributed by atoms with Crippen molar-refractivity contribution in [2.75, 3.05) is 33.2 Å². The molecule has 1 heterocycles. The van der Waals surface area contributed by atoms with Crippen molar-refractivity contribution in [3.63, 3.8) is 0 Å². The summed E-state index contributed by atoms with van der Waals surface area (Å²) in [5.74, 6) is 0.113. The Morgan fingerprint density at radius 2 is 2.16 bits per heavy atom. The van der Waals surface area contributed by atoms with Crippen molar-refractivity contribution in [1.82, 2.24) is 15.5 Å². The van der Waals surface area contributed by atoms with E-state index in [0.717, 1.165) is 19.6 Å². The van der Waals surface area contributed by atoms with Crippen LogP contribution in [-0.4, -0.2) is 44.0 Å². The first-order chi connectivity index (χ1) is 9.22. The SMILES string of the molecule is CCN(CC)C(CNC(=O)CCNC)c1ccsc1. The maximum Gasteiger partial charge on any atom is 0.221 e. The summed E-state index contributed by atoms with van der Waals surface area (Å²) >= 11 is 1.71. The van der Waals surface area contributed by atoms with E-state index in [-0.39, 0.29) is 11.9 Å². The number of hydrogen-bond acceptors (Lipinski definition) is 4. The Kier molecular flexibility index (Phi) is 7.70. The van der Waals surface area contributed by atoms with Gasteiger partial charge < -0.3 is 10.6 Å². The summed E-state index contributed by atoms with van der Waals surface area (Å²) in [6.07, 6.45) is 0.533. The van der Waals surface area contributed by atoms with Gasteiger partial charge in [0, 0.05) is 19.5 Å². The summed E-state index contributed by atoms with van der Waals surface area (Å²) in [6.45, 7) is 7.70. The molecule has 1 amide bonds. The second-order valence-corrected chi connectivity index (χ2v) is 5.23. The van der Waals surface area contributed by atoms with E-state index in [2.05, 4.69) is 46.2 Å². The number of nitrogens with zero attached hydrogens (tertiary/aromatic N) is 1. The number of carbonyl (C=O) groups is 1. The van der Waals surface area contributed by atoms with Gasteiger partial charge in [-0.15, -0.1) is 0 Å². The summed E-state index contributed by atoms with van der Waals surface area (Å²) in [7, 11) is 1.86. The molecule has 1 unspecified atom stereocenters. The molecule has 1 rings (SSSR count). The van der Waals surface area contributed by atoms with E-state index in [1.54, 1.807) is 11.3 Å². The molecule has 1 atom stereocenters. The molecule has 5 heteroatoms. The number of thiophene rings is 1. The van der Waals surface area contributed by atoms with Gasteiger partial charge >= 0.3 is 0 Å². The molecule has 0 spiro atoms. The maximum absolute atomic E-state index is 11.7. The van der Waals surface area contributed by atoms with E-state index in [9.17, 15) is 4.79 Å². The molecule has 1 aromatic rings. The third-order valence-corrected chi connectivity index (χ3v) is 3.98. The van der Waals surface area contributed by atoms with Crippen LogP contribution in [0.15, 0.2) is 16.8 Å². The third kappa shape index (κ3) is 5.30. The quantitative estimate of drug-likeness (QED) is 0.727.